The minimum Gasteiger partial charge on any atom is -0.382 e. The van der Waals surface area contributed by atoms with Gasteiger partial charge in [-0.1, -0.05) is 29.3 Å². The van der Waals surface area contributed by atoms with Crippen LogP contribution in [-0.4, -0.2) is 16.5 Å². The molecule has 1 aromatic heterocycles. The molecule has 0 unspecified atom stereocenters. The van der Waals surface area contributed by atoms with Gasteiger partial charge in [-0.3, -0.25) is 0 Å². The van der Waals surface area contributed by atoms with Crippen molar-refractivity contribution in [2.45, 2.75) is 19.8 Å². The Kier molecular flexibility index (Phi) is 5.26. The fraction of sp³-hybridized carbons (Fsp3) is 0.286. The molecule has 0 fully saturated rings. The number of hydrogen-bond acceptors (Lipinski definition) is 7. The second kappa shape index (κ2) is 7.17. The Bertz CT molecular complexity index is 661. The quantitative estimate of drug-likeness (QED) is 0.755. The van der Waals surface area contributed by atoms with E-state index in [0.29, 0.717) is 12.4 Å². The van der Waals surface area contributed by atoms with Gasteiger partial charge < -0.3 is 16.4 Å². The summed E-state index contributed by atoms with van der Waals surface area (Å²) in [5, 5.41) is 2.98. The zero-order valence-electron chi connectivity index (χ0n) is 12.2. The number of nitrogens with two attached hydrogens (primary N) is 2. The summed E-state index contributed by atoms with van der Waals surface area (Å²) >= 11 is 3.40. The maximum atomic E-state index is 11.1. The Balaban J connectivity index is 2.54. The maximum Gasteiger partial charge on any atom is 0.224 e. The standard InChI is InChI=1S/C14H17BrN6O/c1-2-3-8-21(10-6-4-9(15)5-7-10)13-11(20-22)12(16)18-14(17)19-13/h4-7H,2-3,8H2,1H3,(H4,16,17,18,19). The first-order valence-corrected chi connectivity index (χ1v) is 7.65. The molecule has 0 spiro atoms. The van der Waals surface area contributed by atoms with E-state index in [-0.39, 0.29) is 17.5 Å². The zero-order valence-corrected chi connectivity index (χ0v) is 13.7. The first kappa shape index (κ1) is 16.2. The van der Waals surface area contributed by atoms with Gasteiger partial charge in [0, 0.05) is 16.7 Å². The van der Waals surface area contributed by atoms with Crippen LogP contribution in [-0.2, 0) is 0 Å². The van der Waals surface area contributed by atoms with Crippen LogP contribution < -0.4 is 16.4 Å². The van der Waals surface area contributed by atoms with Gasteiger partial charge in [-0.2, -0.15) is 9.97 Å². The number of benzene rings is 1. The summed E-state index contributed by atoms with van der Waals surface area (Å²) in [7, 11) is 0. The molecule has 1 aromatic carbocycles. The minimum absolute atomic E-state index is 0.00761. The van der Waals surface area contributed by atoms with E-state index >= 15 is 0 Å². The SMILES string of the molecule is CCCCN(c1ccc(Br)cc1)c1nc(N)nc(N)c1N=O. The van der Waals surface area contributed by atoms with Crippen molar-refractivity contribution in [1.82, 2.24) is 9.97 Å². The number of aromatic nitrogens is 2. The van der Waals surface area contributed by atoms with E-state index in [1.54, 1.807) is 0 Å². The van der Waals surface area contributed by atoms with Crippen molar-refractivity contribution < 1.29 is 0 Å². The van der Waals surface area contributed by atoms with Crippen LogP contribution in [0.4, 0.5) is 29.0 Å². The molecule has 4 N–H and O–H groups in total. The lowest BCUT2D eigenvalue weighted by atomic mass is 10.2. The third kappa shape index (κ3) is 3.51. The van der Waals surface area contributed by atoms with Crippen molar-refractivity contribution in [1.29, 1.82) is 0 Å². The van der Waals surface area contributed by atoms with Gasteiger partial charge in [0.25, 0.3) is 0 Å². The van der Waals surface area contributed by atoms with Crippen LogP contribution in [0.2, 0.25) is 0 Å². The summed E-state index contributed by atoms with van der Waals surface area (Å²) in [4.78, 5) is 21.0. The molecule has 0 aliphatic rings. The number of unbranched alkanes of at least 4 members (excludes halogenated alkanes) is 1. The van der Waals surface area contributed by atoms with Gasteiger partial charge in [-0.25, -0.2) is 0 Å². The molecule has 0 amide bonds. The number of halogens is 1. The van der Waals surface area contributed by atoms with Crippen molar-refractivity contribution in [3.63, 3.8) is 0 Å². The van der Waals surface area contributed by atoms with E-state index < -0.39 is 0 Å². The summed E-state index contributed by atoms with van der Waals surface area (Å²) in [5.41, 5.74) is 12.3. The van der Waals surface area contributed by atoms with Crippen LogP contribution in [0.1, 0.15) is 19.8 Å². The average Bonchev–Trinajstić information content (AvgIpc) is 2.49. The highest BCUT2D eigenvalue weighted by molar-refractivity contribution is 9.10. The molecular formula is C14H17BrN6O. The van der Waals surface area contributed by atoms with Gasteiger partial charge in [0.05, 0.1) is 0 Å². The molecule has 8 heteroatoms. The van der Waals surface area contributed by atoms with E-state index in [2.05, 4.69) is 38.0 Å². The van der Waals surface area contributed by atoms with Gasteiger partial charge in [0.2, 0.25) is 5.95 Å². The van der Waals surface area contributed by atoms with Crippen molar-refractivity contribution in [3.8, 4) is 0 Å². The van der Waals surface area contributed by atoms with E-state index in [1.807, 2.05) is 29.2 Å². The third-order valence-electron chi connectivity index (χ3n) is 3.13. The molecule has 7 nitrogen and oxygen atoms in total. The molecule has 0 aliphatic carbocycles. The van der Waals surface area contributed by atoms with Crippen molar-refractivity contribution in [2.75, 3.05) is 22.9 Å². The lowest BCUT2D eigenvalue weighted by Crippen LogP contribution is -2.21. The van der Waals surface area contributed by atoms with Gasteiger partial charge in [-0.05, 0) is 35.9 Å². The van der Waals surface area contributed by atoms with E-state index in [0.717, 1.165) is 23.0 Å². The van der Waals surface area contributed by atoms with Crippen molar-refractivity contribution >= 4 is 44.9 Å². The molecule has 0 bridgehead atoms. The van der Waals surface area contributed by atoms with Crippen LogP contribution in [0.5, 0.6) is 0 Å². The highest BCUT2D eigenvalue weighted by Crippen LogP contribution is 2.36. The molecular weight excluding hydrogens is 348 g/mol. The average molecular weight is 365 g/mol. The Hall–Kier alpha value is -2.22. The molecule has 0 saturated heterocycles. The fourth-order valence-electron chi connectivity index (χ4n) is 2.05. The molecule has 116 valence electrons. The van der Waals surface area contributed by atoms with Crippen LogP contribution in [0.3, 0.4) is 0 Å². The molecule has 0 atom stereocenters. The number of nitrogens with zero attached hydrogens (tertiary/aromatic N) is 4. The van der Waals surface area contributed by atoms with Crippen LogP contribution in [0.15, 0.2) is 33.9 Å². The molecule has 0 saturated carbocycles. The van der Waals surface area contributed by atoms with Gasteiger partial charge in [0.1, 0.15) is 0 Å². The highest BCUT2D eigenvalue weighted by Gasteiger charge is 2.20. The van der Waals surface area contributed by atoms with Crippen LogP contribution in [0.25, 0.3) is 0 Å². The molecule has 0 radical (unpaired) electrons. The number of nitrogen functional groups attached to an aromatic ring is 2. The van der Waals surface area contributed by atoms with Crippen LogP contribution in [0, 0.1) is 4.91 Å². The van der Waals surface area contributed by atoms with Crippen molar-refractivity contribution in [3.05, 3.63) is 33.6 Å². The first-order chi connectivity index (χ1) is 10.6. The Morgan fingerprint density at radius 1 is 1.23 bits per heavy atom. The molecule has 2 rings (SSSR count). The molecule has 1 heterocycles. The second-order valence-electron chi connectivity index (χ2n) is 4.71. The fourth-order valence-corrected chi connectivity index (χ4v) is 2.31. The first-order valence-electron chi connectivity index (χ1n) is 6.86. The summed E-state index contributed by atoms with van der Waals surface area (Å²) < 4.78 is 0.960. The third-order valence-corrected chi connectivity index (χ3v) is 3.66. The smallest absolute Gasteiger partial charge is 0.224 e. The highest BCUT2D eigenvalue weighted by atomic mass is 79.9. The molecule has 2 aromatic rings. The van der Waals surface area contributed by atoms with Gasteiger partial charge >= 0.3 is 0 Å². The number of rotatable bonds is 6. The summed E-state index contributed by atoms with van der Waals surface area (Å²) in [6, 6.07) is 7.66. The predicted molar refractivity (Wildman–Crippen MR) is 92.4 cm³/mol. The van der Waals surface area contributed by atoms with Gasteiger partial charge in [-0.15, -0.1) is 4.91 Å². The number of anilines is 4. The van der Waals surface area contributed by atoms with E-state index in [1.165, 1.54) is 0 Å². The topological polar surface area (TPSA) is 110 Å². The monoisotopic (exact) mass is 364 g/mol. The summed E-state index contributed by atoms with van der Waals surface area (Å²) in [6.45, 7) is 2.75. The molecule has 0 aliphatic heterocycles. The molecule has 22 heavy (non-hydrogen) atoms. The van der Waals surface area contributed by atoms with E-state index in [4.69, 9.17) is 11.5 Å². The predicted octanol–water partition coefficient (Wildman–Crippen LogP) is 3.74. The summed E-state index contributed by atoms with van der Waals surface area (Å²) in [5.74, 6) is 0.324. The lowest BCUT2D eigenvalue weighted by Gasteiger charge is -2.25. The van der Waals surface area contributed by atoms with E-state index in [9.17, 15) is 4.91 Å². The Morgan fingerprint density at radius 2 is 1.91 bits per heavy atom. The maximum absolute atomic E-state index is 11.1. The van der Waals surface area contributed by atoms with Crippen LogP contribution >= 0.6 is 15.9 Å². The van der Waals surface area contributed by atoms with Crippen molar-refractivity contribution in [2.24, 2.45) is 5.18 Å². The Labute approximate surface area is 136 Å². The number of hydrogen-bond donors (Lipinski definition) is 2. The number of nitroso groups, excluding NO2 is 1. The van der Waals surface area contributed by atoms with Gasteiger partial charge in [0.15, 0.2) is 17.3 Å². The Morgan fingerprint density at radius 3 is 2.50 bits per heavy atom. The summed E-state index contributed by atoms with van der Waals surface area (Å²) in [6.07, 6.45) is 1.91. The zero-order chi connectivity index (χ0) is 16.1. The lowest BCUT2D eigenvalue weighted by molar-refractivity contribution is 0.779. The minimum atomic E-state index is -0.0175. The largest absolute Gasteiger partial charge is 0.382 e. The normalized spacial score (nSPS) is 10.5. The second-order valence-corrected chi connectivity index (χ2v) is 5.63.